The van der Waals surface area contributed by atoms with Gasteiger partial charge in [0.1, 0.15) is 5.50 Å². The van der Waals surface area contributed by atoms with Gasteiger partial charge in [-0.15, -0.1) is 0 Å². The van der Waals surface area contributed by atoms with E-state index in [1.54, 1.807) is 6.08 Å². The van der Waals surface area contributed by atoms with Gasteiger partial charge in [-0.05, 0) is 12.2 Å². The molecule has 0 radical (unpaired) electrons. The third kappa shape index (κ3) is 15.8. The van der Waals surface area contributed by atoms with Gasteiger partial charge < -0.3 is 4.74 Å². The van der Waals surface area contributed by atoms with Gasteiger partial charge in [-0.1, -0.05) is 30.3 Å². The second-order valence-corrected chi connectivity index (χ2v) is 5.43. The van der Waals surface area contributed by atoms with Crippen molar-refractivity contribution < 1.29 is 53.9 Å². The van der Waals surface area contributed by atoms with Gasteiger partial charge >= 0.3 is 56.5 Å². The van der Waals surface area contributed by atoms with Gasteiger partial charge in [-0.3, -0.25) is 4.79 Å². The molecular weight excluding hydrogens is 531 g/mol. The van der Waals surface area contributed by atoms with Crippen LogP contribution in [0.15, 0.2) is 41.9 Å². The fourth-order valence-electron chi connectivity index (χ4n) is 1.59. The zero-order chi connectivity index (χ0) is 20.7. The molecule has 26 heavy (non-hydrogen) atoms. The molecule has 1 aliphatic rings. The van der Waals surface area contributed by atoms with Crippen LogP contribution in [-0.4, -0.2) is 18.6 Å². The summed E-state index contributed by atoms with van der Waals surface area (Å²) in [6.45, 7) is 25.1. The first-order valence-electron chi connectivity index (χ1n) is 6.03. The maximum absolute atomic E-state index is 11.4. The number of benzene rings is 1. The Kier molecular flexibility index (Phi) is 42.3. The van der Waals surface area contributed by atoms with Crippen LogP contribution in [0.3, 0.4) is 0 Å². The minimum atomic E-state index is -0.560. The van der Waals surface area contributed by atoms with Gasteiger partial charge in [0.05, 0.1) is 6.61 Å². The zero-order valence-corrected chi connectivity index (χ0v) is 17.4. The van der Waals surface area contributed by atoms with Gasteiger partial charge in [0, 0.05) is 41.2 Å². The van der Waals surface area contributed by atoms with Crippen molar-refractivity contribution >= 4 is 19.0 Å². The summed E-state index contributed by atoms with van der Waals surface area (Å²) in [5, 5.41) is 1.22. The van der Waals surface area contributed by atoms with Crippen LogP contribution in [-0.2, 0) is 53.9 Å². The molecule has 1 atom stereocenters. The predicted molar refractivity (Wildman–Crippen MR) is 82.2 cm³/mol. The number of carbonyl (C=O) groups excluding carboxylic acids is 1. The van der Waals surface area contributed by atoms with E-state index in [9.17, 15) is 4.79 Å². The molecule has 1 unspecified atom stereocenters. The Morgan fingerprint density at radius 1 is 0.923 bits per heavy atom. The van der Waals surface area contributed by atoms with Crippen LogP contribution in [0.2, 0.25) is 0 Å². The Morgan fingerprint density at radius 3 is 1.73 bits per heavy atom. The number of hydrogen-bond acceptors (Lipinski definition) is 2. The normalized spacial score (nSPS) is 12.0. The van der Waals surface area contributed by atoms with E-state index >= 15 is 0 Å². The summed E-state index contributed by atoms with van der Waals surface area (Å²) in [7, 11) is -0.560. The number of ketones is 1. The number of carbonyl (C=O) groups is 1. The molecule has 7 nitrogen and oxygen atoms in total. The van der Waals surface area contributed by atoms with E-state index in [-0.39, 0.29) is 26.8 Å². The SMILES string of the molecule is CCOC1=CC(=O)CP1c1ccccc1.[C-]#[O+].[C-]#[O+].[C-]#[O+].[C-]#[O+].[C-]#[O+].[W]. The Balaban J connectivity index is -0.000000116. The molecule has 9 heteroatoms. The molecule has 0 aliphatic carbocycles. The second-order valence-electron chi connectivity index (χ2n) is 3.30. The third-order valence-corrected chi connectivity index (χ3v) is 4.56. The molecule has 0 saturated carbocycles. The average molecular weight is 544 g/mol. The van der Waals surface area contributed by atoms with E-state index < -0.39 is 7.92 Å². The Bertz CT molecular complexity index is 554. The fourth-order valence-corrected chi connectivity index (χ4v) is 3.70. The van der Waals surface area contributed by atoms with Crippen molar-refractivity contribution in [2.45, 2.75) is 6.92 Å². The largest absolute Gasteiger partial charge is 0 e. The Morgan fingerprint density at radius 2 is 1.35 bits per heavy atom. The summed E-state index contributed by atoms with van der Waals surface area (Å²) in [5.41, 5.74) is 0.878. The van der Waals surface area contributed by atoms with Crippen LogP contribution in [0, 0.1) is 33.3 Å². The Hall–Kier alpha value is -1.75. The van der Waals surface area contributed by atoms with Crippen LogP contribution in [0.1, 0.15) is 6.92 Å². The molecule has 2 rings (SSSR count). The molecule has 0 N–H and O–H groups in total. The molecule has 0 fully saturated rings. The first kappa shape index (κ1) is 35.4. The van der Waals surface area contributed by atoms with Crippen molar-refractivity contribution in [2.24, 2.45) is 0 Å². The van der Waals surface area contributed by atoms with Crippen molar-refractivity contribution in [2.75, 3.05) is 12.8 Å². The number of ether oxygens (including phenoxy) is 1. The van der Waals surface area contributed by atoms with Crippen molar-refractivity contribution in [1.82, 2.24) is 0 Å². The van der Waals surface area contributed by atoms with Crippen molar-refractivity contribution in [1.29, 1.82) is 0 Å². The van der Waals surface area contributed by atoms with Gasteiger partial charge in [0.25, 0.3) is 0 Å². The summed E-state index contributed by atoms with van der Waals surface area (Å²) in [5.74, 6) is 0.188. The molecule has 1 aromatic carbocycles. The molecular formula is C17H13O7PW. The van der Waals surface area contributed by atoms with E-state index in [2.05, 4.69) is 45.4 Å². The maximum Gasteiger partial charge on any atom is 0 e. The first-order chi connectivity index (χ1) is 12.3. The van der Waals surface area contributed by atoms with Gasteiger partial charge in [-0.25, -0.2) is 0 Å². The molecule has 0 bridgehead atoms. The summed E-state index contributed by atoms with van der Waals surface area (Å²) in [6, 6.07) is 10.1. The fraction of sp³-hybridized carbons (Fsp3) is 0.176. The molecule has 0 aromatic heterocycles. The van der Waals surface area contributed by atoms with E-state index in [1.807, 2.05) is 25.1 Å². The molecule has 0 saturated heterocycles. The van der Waals surface area contributed by atoms with Crippen LogP contribution in [0.25, 0.3) is 0 Å². The van der Waals surface area contributed by atoms with E-state index in [4.69, 9.17) is 28.0 Å². The molecule has 1 heterocycles. The summed E-state index contributed by atoms with van der Waals surface area (Å²) < 4.78 is 43.0. The van der Waals surface area contributed by atoms with E-state index in [1.165, 1.54) is 5.30 Å². The molecule has 0 spiro atoms. The van der Waals surface area contributed by atoms with E-state index in [0.717, 1.165) is 5.50 Å². The standard InChI is InChI=1S/C12H13O2P.5CO.W/c1-2-14-12-8-10(13)9-15(12)11-6-4-3-5-7-11;5*1-2;/h3-8H,2,9H2,1H3;;;;;;. The smallest absolute Gasteiger partial charge is 0 e. The average Bonchev–Trinajstić information content (AvgIpc) is 3.11. The molecule has 134 valence electrons. The van der Waals surface area contributed by atoms with Gasteiger partial charge in [0.2, 0.25) is 0 Å². The number of rotatable bonds is 3. The van der Waals surface area contributed by atoms with E-state index in [0.29, 0.717) is 12.8 Å². The van der Waals surface area contributed by atoms with Crippen molar-refractivity contribution in [3.05, 3.63) is 75.2 Å². The van der Waals surface area contributed by atoms with Crippen LogP contribution >= 0.6 is 7.92 Å². The summed E-state index contributed by atoms with van der Waals surface area (Å²) in [4.78, 5) is 11.4. The first-order valence-corrected chi connectivity index (χ1v) is 7.56. The second kappa shape index (κ2) is 31.1. The maximum atomic E-state index is 11.4. The van der Waals surface area contributed by atoms with Crippen LogP contribution < -0.4 is 5.30 Å². The third-order valence-electron chi connectivity index (χ3n) is 2.22. The zero-order valence-electron chi connectivity index (χ0n) is 13.6. The van der Waals surface area contributed by atoms with Crippen molar-refractivity contribution in [3.8, 4) is 0 Å². The minimum absolute atomic E-state index is 0. The molecule has 0 amide bonds. The predicted octanol–water partition coefficient (Wildman–Crippen LogP) is 2.06. The summed E-state index contributed by atoms with van der Waals surface area (Å²) in [6.07, 6.45) is 2.26. The number of allylic oxidation sites excluding steroid dienone is 1. The quantitative estimate of drug-likeness (QED) is 0.329. The van der Waals surface area contributed by atoms with Gasteiger partial charge in [-0.2, -0.15) is 0 Å². The molecule has 1 aliphatic heterocycles. The van der Waals surface area contributed by atoms with Crippen LogP contribution in [0.5, 0.6) is 0 Å². The topological polar surface area (TPSA) is 126 Å². The van der Waals surface area contributed by atoms with Crippen LogP contribution in [0.4, 0.5) is 0 Å². The number of hydrogen-bond donors (Lipinski definition) is 0. The Labute approximate surface area is 167 Å². The monoisotopic (exact) mass is 544 g/mol. The van der Waals surface area contributed by atoms with Gasteiger partial charge in [0.15, 0.2) is 5.78 Å². The molecule has 1 aromatic rings. The van der Waals surface area contributed by atoms with Crippen molar-refractivity contribution in [3.63, 3.8) is 0 Å². The minimum Gasteiger partial charge on any atom is 0 e. The summed E-state index contributed by atoms with van der Waals surface area (Å²) >= 11 is 0.